The Morgan fingerprint density at radius 3 is 2.31 bits per heavy atom. The Morgan fingerprint density at radius 2 is 1.77 bits per heavy atom. The van der Waals surface area contributed by atoms with Crippen molar-refractivity contribution in [2.45, 2.75) is 83.1 Å². The molecule has 2 unspecified atom stereocenters. The average Bonchev–Trinajstić information content (AvgIpc) is 3.01. The first-order valence-corrected chi connectivity index (χ1v) is 9.36. The van der Waals surface area contributed by atoms with Gasteiger partial charge in [-0.2, -0.15) is 0 Å². The molecule has 8 heteroatoms. The van der Waals surface area contributed by atoms with Crippen LogP contribution in [0.15, 0.2) is 0 Å². The molecule has 4 N–H and O–H groups in total. The van der Waals surface area contributed by atoms with E-state index in [1.54, 1.807) is 20.8 Å². The van der Waals surface area contributed by atoms with E-state index in [1.807, 2.05) is 0 Å². The van der Waals surface area contributed by atoms with E-state index in [2.05, 4.69) is 5.32 Å². The van der Waals surface area contributed by atoms with Crippen LogP contribution < -0.4 is 11.1 Å². The lowest BCUT2D eigenvalue weighted by Crippen LogP contribution is -2.56. The van der Waals surface area contributed by atoms with Gasteiger partial charge in [-0.15, -0.1) is 0 Å². The maximum atomic E-state index is 13.1. The maximum absolute atomic E-state index is 13.1. The third-order valence-electron chi connectivity index (χ3n) is 5.02. The standard InChI is InChI=1S/C18H31N3O5/c1-18(2,3)26-17(25)20-14(11-6-8-12(22)9-7-11)16(24)21-10-4-5-13(21)15(19)23/h11-14,22H,4-10H2,1-3H3,(H2,19,23)(H,20,25). The summed E-state index contributed by atoms with van der Waals surface area (Å²) >= 11 is 0. The maximum Gasteiger partial charge on any atom is 0.408 e. The quantitative estimate of drug-likeness (QED) is 0.680. The summed E-state index contributed by atoms with van der Waals surface area (Å²) in [5, 5.41) is 12.4. The number of hydrogen-bond acceptors (Lipinski definition) is 5. The normalized spacial score (nSPS) is 27.7. The number of amides is 3. The summed E-state index contributed by atoms with van der Waals surface area (Å²) in [6.45, 7) is 5.71. The van der Waals surface area contributed by atoms with Gasteiger partial charge < -0.3 is 25.8 Å². The van der Waals surface area contributed by atoms with Crippen molar-refractivity contribution in [3.05, 3.63) is 0 Å². The molecule has 0 radical (unpaired) electrons. The molecule has 1 saturated heterocycles. The number of likely N-dealkylation sites (tertiary alicyclic amines) is 1. The molecule has 0 aromatic rings. The fourth-order valence-electron chi connectivity index (χ4n) is 3.76. The predicted octanol–water partition coefficient (Wildman–Crippen LogP) is 0.907. The first-order valence-electron chi connectivity index (χ1n) is 9.36. The Bertz CT molecular complexity index is 537. The lowest BCUT2D eigenvalue weighted by molar-refractivity contribution is -0.140. The van der Waals surface area contributed by atoms with Crippen LogP contribution in [0.2, 0.25) is 0 Å². The number of primary amides is 1. The molecule has 1 aliphatic heterocycles. The van der Waals surface area contributed by atoms with E-state index >= 15 is 0 Å². The van der Waals surface area contributed by atoms with Crippen LogP contribution in [0.25, 0.3) is 0 Å². The molecular weight excluding hydrogens is 338 g/mol. The average molecular weight is 369 g/mol. The number of aliphatic hydroxyl groups excluding tert-OH is 1. The van der Waals surface area contributed by atoms with Crippen LogP contribution in [0.4, 0.5) is 4.79 Å². The molecule has 0 aromatic heterocycles. The van der Waals surface area contributed by atoms with Crippen LogP contribution in [-0.2, 0) is 14.3 Å². The number of hydrogen-bond donors (Lipinski definition) is 3. The monoisotopic (exact) mass is 369 g/mol. The van der Waals surface area contributed by atoms with Gasteiger partial charge in [0.2, 0.25) is 11.8 Å². The third-order valence-corrected chi connectivity index (χ3v) is 5.02. The highest BCUT2D eigenvalue weighted by Gasteiger charge is 2.41. The number of alkyl carbamates (subject to hydrolysis) is 1. The molecule has 2 atom stereocenters. The molecular formula is C18H31N3O5. The van der Waals surface area contributed by atoms with Crippen LogP contribution >= 0.6 is 0 Å². The number of carbonyl (C=O) groups is 3. The molecule has 0 spiro atoms. The second kappa shape index (κ2) is 8.24. The smallest absolute Gasteiger partial charge is 0.408 e. The fraction of sp³-hybridized carbons (Fsp3) is 0.833. The number of nitrogens with two attached hydrogens (primary N) is 1. The number of ether oxygens (including phenoxy) is 1. The molecule has 0 aromatic carbocycles. The highest BCUT2D eigenvalue weighted by molar-refractivity contribution is 5.91. The van der Waals surface area contributed by atoms with Gasteiger partial charge in [-0.05, 0) is 65.2 Å². The molecule has 8 nitrogen and oxygen atoms in total. The summed E-state index contributed by atoms with van der Waals surface area (Å²) in [4.78, 5) is 38.5. The van der Waals surface area contributed by atoms with E-state index in [-0.39, 0.29) is 17.9 Å². The summed E-state index contributed by atoms with van der Waals surface area (Å²) in [7, 11) is 0. The van der Waals surface area contributed by atoms with Crippen molar-refractivity contribution < 1.29 is 24.2 Å². The van der Waals surface area contributed by atoms with E-state index in [4.69, 9.17) is 10.5 Å². The molecule has 1 heterocycles. The lowest BCUT2D eigenvalue weighted by Gasteiger charge is -2.35. The molecule has 2 fully saturated rings. The Morgan fingerprint density at radius 1 is 1.15 bits per heavy atom. The van der Waals surface area contributed by atoms with Crippen molar-refractivity contribution in [2.75, 3.05) is 6.54 Å². The van der Waals surface area contributed by atoms with Crippen LogP contribution in [0.1, 0.15) is 59.3 Å². The Balaban J connectivity index is 2.15. The van der Waals surface area contributed by atoms with E-state index in [0.717, 1.165) is 0 Å². The predicted molar refractivity (Wildman–Crippen MR) is 95.1 cm³/mol. The molecule has 2 aliphatic rings. The summed E-state index contributed by atoms with van der Waals surface area (Å²) < 4.78 is 5.31. The molecule has 1 aliphatic carbocycles. The number of aliphatic hydroxyl groups is 1. The highest BCUT2D eigenvalue weighted by Crippen LogP contribution is 2.29. The highest BCUT2D eigenvalue weighted by atomic mass is 16.6. The zero-order chi connectivity index (χ0) is 19.5. The first-order chi connectivity index (χ1) is 12.1. The van der Waals surface area contributed by atoms with Gasteiger partial charge in [-0.3, -0.25) is 9.59 Å². The van der Waals surface area contributed by atoms with Crippen molar-refractivity contribution >= 4 is 17.9 Å². The van der Waals surface area contributed by atoms with E-state index < -0.39 is 29.7 Å². The van der Waals surface area contributed by atoms with E-state index in [0.29, 0.717) is 45.1 Å². The number of rotatable bonds is 4. The van der Waals surface area contributed by atoms with Gasteiger partial charge in [-0.25, -0.2) is 4.79 Å². The lowest BCUT2D eigenvalue weighted by atomic mass is 9.82. The zero-order valence-corrected chi connectivity index (χ0v) is 15.9. The number of nitrogens with zero attached hydrogens (tertiary/aromatic N) is 1. The van der Waals surface area contributed by atoms with Crippen molar-refractivity contribution in [1.29, 1.82) is 0 Å². The minimum atomic E-state index is -0.780. The minimum Gasteiger partial charge on any atom is -0.444 e. The van der Waals surface area contributed by atoms with Crippen LogP contribution in [0.3, 0.4) is 0 Å². The van der Waals surface area contributed by atoms with Crippen LogP contribution in [-0.4, -0.2) is 58.2 Å². The topological polar surface area (TPSA) is 122 Å². The van der Waals surface area contributed by atoms with Gasteiger partial charge in [0.25, 0.3) is 0 Å². The summed E-state index contributed by atoms with van der Waals surface area (Å²) in [6.07, 6.45) is 2.66. The third kappa shape index (κ3) is 5.33. The van der Waals surface area contributed by atoms with Crippen molar-refractivity contribution in [2.24, 2.45) is 11.7 Å². The minimum absolute atomic E-state index is 0.104. The number of nitrogens with one attached hydrogen (secondary N) is 1. The van der Waals surface area contributed by atoms with Gasteiger partial charge in [-0.1, -0.05) is 0 Å². The summed E-state index contributed by atoms with van der Waals surface area (Å²) in [5.74, 6) is -0.919. The summed E-state index contributed by atoms with van der Waals surface area (Å²) in [6, 6.07) is -1.41. The SMILES string of the molecule is CC(C)(C)OC(=O)NC(C(=O)N1CCCC1C(N)=O)C1CCC(O)CC1. The fourth-order valence-corrected chi connectivity index (χ4v) is 3.76. The summed E-state index contributed by atoms with van der Waals surface area (Å²) in [5.41, 5.74) is 4.75. The Hall–Kier alpha value is -1.83. The Labute approximate surface area is 154 Å². The van der Waals surface area contributed by atoms with Crippen molar-refractivity contribution in [3.8, 4) is 0 Å². The first kappa shape index (κ1) is 20.5. The Kier molecular flexibility index (Phi) is 6.49. The van der Waals surface area contributed by atoms with Crippen LogP contribution in [0, 0.1) is 5.92 Å². The van der Waals surface area contributed by atoms with Crippen molar-refractivity contribution in [1.82, 2.24) is 10.2 Å². The molecule has 2 rings (SSSR count). The molecule has 3 amide bonds. The van der Waals surface area contributed by atoms with Crippen LogP contribution in [0.5, 0.6) is 0 Å². The van der Waals surface area contributed by atoms with Gasteiger partial charge in [0.1, 0.15) is 17.7 Å². The van der Waals surface area contributed by atoms with E-state index in [1.165, 1.54) is 4.90 Å². The van der Waals surface area contributed by atoms with Gasteiger partial charge in [0.05, 0.1) is 6.10 Å². The second-order valence-corrected chi connectivity index (χ2v) is 8.28. The van der Waals surface area contributed by atoms with Gasteiger partial charge >= 0.3 is 6.09 Å². The zero-order valence-electron chi connectivity index (χ0n) is 15.9. The largest absolute Gasteiger partial charge is 0.444 e. The van der Waals surface area contributed by atoms with Gasteiger partial charge in [0, 0.05) is 6.54 Å². The molecule has 148 valence electrons. The molecule has 1 saturated carbocycles. The molecule has 0 bridgehead atoms. The second-order valence-electron chi connectivity index (χ2n) is 8.28. The number of carbonyl (C=O) groups excluding carboxylic acids is 3. The molecule has 26 heavy (non-hydrogen) atoms. The van der Waals surface area contributed by atoms with Crippen molar-refractivity contribution in [3.63, 3.8) is 0 Å². The van der Waals surface area contributed by atoms with Gasteiger partial charge in [0.15, 0.2) is 0 Å². The van der Waals surface area contributed by atoms with E-state index in [9.17, 15) is 19.5 Å².